The Morgan fingerprint density at radius 1 is 1.27 bits per heavy atom. The maximum Gasteiger partial charge on any atom is 0.191 e. The van der Waals surface area contributed by atoms with Crippen molar-refractivity contribution in [2.24, 2.45) is 4.99 Å². The van der Waals surface area contributed by atoms with Crippen LogP contribution in [0.15, 0.2) is 4.99 Å². The number of hydrogen-bond acceptors (Lipinski definition) is 6. The Morgan fingerprint density at radius 3 is 2.73 bits per heavy atom. The van der Waals surface area contributed by atoms with Crippen LogP contribution in [-0.4, -0.2) is 83.7 Å². The van der Waals surface area contributed by atoms with Crippen molar-refractivity contribution in [3.8, 4) is 0 Å². The van der Waals surface area contributed by atoms with Gasteiger partial charge in [0.1, 0.15) is 12.4 Å². The van der Waals surface area contributed by atoms with Gasteiger partial charge in [-0.2, -0.15) is 5.10 Å². The molecule has 3 rings (SSSR count). The van der Waals surface area contributed by atoms with E-state index in [0.717, 1.165) is 76.1 Å². The Morgan fingerprint density at radius 2 is 2.03 bits per heavy atom. The molecule has 30 heavy (non-hydrogen) atoms. The number of nitrogens with zero attached hydrogens (tertiary/aromatic N) is 5. The second-order valence-electron chi connectivity index (χ2n) is 8.07. The zero-order valence-corrected chi connectivity index (χ0v) is 21.1. The minimum absolute atomic E-state index is 0. The van der Waals surface area contributed by atoms with Crippen molar-refractivity contribution in [3.05, 3.63) is 11.6 Å². The smallest absolute Gasteiger partial charge is 0.191 e. The molecule has 1 saturated heterocycles. The molecule has 1 aromatic heterocycles. The van der Waals surface area contributed by atoms with Gasteiger partial charge >= 0.3 is 0 Å². The molecule has 0 spiro atoms. The third-order valence-corrected chi connectivity index (χ3v) is 5.26. The number of guanidine groups is 1. The van der Waals surface area contributed by atoms with Crippen LogP contribution in [0, 0.1) is 0 Å². The standard InChI is InChI=1S/C20H37N7O2.HI/c1-5-21-20(22-9-6-10-26-11-15(2)29-16(3)12-26)23-17-7-8-19-24-18(14-28-4)25-27(19)13-17;/h15-17H,5-14H2,1-4H3,(H2,21,22,23);1H. The zero-order chi connectivity index (χ0) is 20.6. The highest BCUT2D eigenvalue weighted by Gasteiger charge is 2.23. The van der Waals surface area contributed by atoms with Gasteiger partial charge in [-0.05, 0) is 33.6 Å². The summed E-state index contributed by atoms with van der Waals surface area (Å²) < 4.78 is 13.0. The number of fused-ring (bicyclic) bond motifs is 1. The molecule has 172 valence electrons. The van der Waals surface area contributed by atoms with Crippen LogP contribution in [0.2, 0.25) is 0 Å². The Hall–Kier alpha value is -0.980. The molecule has 2 aliphatic heterocycles. The van der Waals surface area contributed by atoms with Gasteiger partial charge in [0.05, 0.1) is 18.8 Å². The van der Waals surface area contributed by atoms with Crippen molar-refractivity contribution < 1.29 is 9.47 Å². The number of nitrogens with one attached hydrogen (secondary N) is 2. The average Bonchev–Trinajstić information content (AvgIpc) is 3.06. The summed E-state index contributed by atoms with van der Waals surface area (Å²) in [5.41, 5.74) is 0. The van der Waals surface area contributed by atoms with Gasteiger partial charge in [-0.25, -0.2) is 9.67 Å². The molecule has 0 bridgehead atoms. The highest BCUT2D eigenvalue weighted by atomic mass is 127. The molecule has 3 atom stereocenters. The molecular formula is C20H38IN7O2. The molecular weight excluding hydrogens is 497 g/mol. The number of hydrogen-bond donors (Lipinski definition) is 2. The second kappa shape index (κ2) is 12.8. The van der Waals surface area contributed by atoms with Crippen LogP contribution < -0.4 is 10.6 Å². The van der Waals surface area contributed by atoms with Gasteiger partial charge in [-0.1, -0.05) is 0 Å². The van der Waals surface area contributed by atoms with Gasteiger partial charge in [0.15, 0.2) is 11.8 Å². The maximum absolute atomic E-state index is 5.81. The molecule has 1 aromatic rings. The molecule has 0 amide bonds. The first-order valence-electron chi connectivity index (χ1n) is 10.9. The summed E-state index contributed by atoms with van der Waals surface area (Å²) in [6, 6.07) is 0.304. The van der Waals surface area contributed by atoms with Crippen LogP contribution in [0.1, 0.15) is 45.3 Å². The number of morpholine rings is 1. The van der Waals surface area contributed by atoms with Crippen molar-refractivity contribution in [1.29, 1.82) is 0 Å². The van der Waals surface area contributed by atoms with Gasteiger partial charge < -0.3 is 20.1 Å². The molecule has 3 unspecified atom stereocenters. The third kappa shape index (κ3) is 7.61. The van der Waals surface area contributed by atoms with Gasteiger partial charge in [0, 0.05) is 52.3 Å². The Labute approximate surface area is 197 Å². The summed E-state index contributed by atoms with van der Waals surface area (Å²) in [6.45, 7) is 12.4. The Bertz CT molecular complexity index is 660. The number of aliphatic imine (C=N–C) groups is 1. The Balaban J connectivity index is 0.00000320. The van der Waals surface area contributed by atoms with Crippen molar-refractivity contribution in [2.45, 2.75) is 71.4 Å². The summed E-state index contributed by atoms with van der Waals surface area (Å²) in [5.74, 6) is 2.70. The minimum atomic E-state index is 0. The summed E-state index contributed by atoms with van der Waals surface area (Å²) in [6.07, 6.45) is 3.63. The molecule has 1 fully saturated rings. The summed E-state index contributed by atoms with van der Waals surface area (Å²) in [7, 11) is 1.67. The minimum Gasteiger partial charge on any atom is -0.377 e. The summed E-state index contributed by atoms with van der Waals surface area (Å²) in [4.78, 5) is 11.8. The lowest BCUT2D eigenvalue weighted by molar-refractivity contribution is -0.0679. The van der Waals surface area contributed by atoms with Crippen LogP contribution in [0.4, 0.5) is 0 Å². The highest BCUT2D eigenvalue weighted by molar-refractivity contribution is 14.0. The molecule has 3 heterocycles. The molecule has 2 N–H and O–H groups in total. The molecule has 0 aromatic carbocycles. The SMILES string of the molecule is CCNC(=NCCCN1CC(C)OC(C)C1)NC1CCc2nc(COC)nn2C1.I. The molecule has 9 nitrogen and oxygen atoms in total. The predicted octanol–water partition coefficient (Wildman–Crippen LogP) is 1.41. The van der Waals surface area contributed by atoms with Gasteiger partial charge in [0.2, 0.25) is 0 Å². The lowest BCUT2D eigenvalue weighted by atomic mass is 10.1. The van der Waals surface area contributed by atoms with E-state index < -0.39 is 0 Å². The van der Waals surface area contributed by atoms with Crippen molar-refractivity contribution in [1.82, 2.24) is 30.3 Å². The molecule has 10 heteroatoms. The van der Waals surface area contributed by atoms with Crippen molar-refractivity contribution >= 4 is 29.9 Å². The van der Waals surface area contributed by atoms with E-state index in [1.54, 1.807) is 7.11 Å². The Kier molecular flexibility index (Phi) is 10.8. The molecule has 0 saturated carbocycles. The fourth-order valence-electron chi connectivity index (χ4n) is 4.13. The van der Waals surface area contributed by atoms with Crippen LogP contribution in [0.25, 0.3) is 0 Å². The fraction of sp³-hybridized carbons (Fsp3) is 0.850. The highest BCUT2D eigenvalue weighted by Crippen LogP contribution is 2.14. The zero-order valence-electron chi connectivity index (χ0n) is 18.8. The number of aromatic nitrogens is 3. The first-order chi connectivity index (χ1) is 14.1. The number of methoxy groups -OCH3 is 1. The van der Waals surface area contributed by atoms with Crippen molar-refractivity contribution in [3.63, 3.8) is 0 Å². The molecule has 0 aliphatic carbocycles. The number of aryl methyl sites for hydroxylation is 1. The first kappa shape index (κ1) is 25.3. The second-order valence-corrected chi connectivity index (χ2v) is 8.07. The lowest BCUT2D eigenvalue weighted by Crippen LogP contribution is -2.47. The number of ether oxygens (including phenoxy) is 2. The van der Waals surface area contributed by atoms with Gasteiger partial charge in [0.25, 0.3) is 0 Å². The van der Waals surface area contributed by atoms with E-state index in [1.165, 1.54) is 0 Å². The van der Waals surface area contributed by atoms with E-state index in [2.05, 4.69) is 46.4 Å². The van der Waals surface area contributed by atoms with Gasteiger partial charge in [-0.15, -0.1) is 24.0 Å². The average molecular weight is 535 g/mol. The van der Waals surface area contributed by atoms with E-state index in [9.17, 15) is 0 Å². The van der Waals surface area contributed by atoms with Crippen molar-refractivity contribution in [2.75, 3.05) is 39.8 Å². The molecule has 0 radical (unpaired) electrons. The van der Waals surface area contributed by atoms with E-state index in [1.807, 2.05) is 4.68 Å². The monoisotopic (exact) mass is 535 g/mol. The summed E-state index contributed by atoms with van der Waals surface area (Å²) >= 11 is 0. The lowest BCUT2D eigenvalue weighted by Gasteiger charge is -2.35. The van der Waals surface area contributed by atoms with Crippen LogP contribution >= 0.6 is 24.0 Å². The van der Waals surface area contributed by atoms with Crippen LogP contribution in [0.5, 0.6) is 0 Å². The van der Waals surface area contributed by atoms with E-state index >= 15 is 0 Å². The predicted molar refractivity (Wildman–Crippen MR) is 128 cm³/mol. The largest absolute Gasteiger partial charge is 0.377 e. The van der Waals surface area contributed by atoms with E-state index in [0.29, 0.717) is 24.9 Å². The normalized spacial score (nSPS) is 24.8. The fourth-order valence-corrected chi connectivity index (χ4v) is 4.13. The number of halogens is 1. The van der Waals surface area contributed by atoms with E-state index in [-0.39, 0.29) is 24.0 Å². The van der Waals surface area contributed by atoms with E-state index in [4.69, 9.17) is 14.5 Å². The topological polar surface area (TPSA) is 88.8 Å². The third-order valence-electron chi connectivity index (χ3n) is 5.26. The van der Waals surface area contributed by atoms with Crippen LogP contribution in [0.3, 0.4) is 0 Å². The van der Waals surface area contributed by atoms with Crippen LogP contribution in [-0.2, 0) is 29.0 Å². The maximum atomic E-state index is 5.81. The summed E-state index contributed by atoms with van der Waals surface area (Å²) in [5, 5.41) is 11.5. The molecule has 2 aliphatic rings. The van der Waals surface area contributed by atoms with Gasteiger partial charge in [-0.3, -0.25) is 9.89 Å². The first-order valence-corrected chi connectivity index (χ1v) is 10.9. The quantitative estimate of drug-likeness (QED) is 0.225. The number of rotatable bonds is 8.